The van der Waals surface area contributed by atoms with E-state index in [2.05, 4.69) is 32.9 Å². The minimum atomic E-state index is 0.669. The number of benzene rings is 1. The van der Waals surface area contributed by atoms with Gasteiger partial charge in [0.05, 0.1) is 6.54 Å². The van der Waals surface area contributed by atoms with Gasteiger partial charge in [-0.3, -0.25) is 4.90 Å². The molecule has 102 valence electrons. The molecule has 4 nitrogen and oxygen atoms in total. The third-order valence-corrected chi connectivity index (χ3v) is 3.42. The lowest BCUT2D eigenvalue weighted by molar-refractivity contribution is 0.228. The van der Waals surface area contributed by atoms with Gasteiger partial charge in [0.1, 0.15) is 18.2 Å². The summed E-state index contributed by atoms with van der Waals surface area (Å²) in [5, 5.41) is 0. The van der Waals surface area contributed by atoms with Gasteiger partial charge in [0.25, 0.3) is 0 Å². The molecule has 5 heteroatoms. The second-order valence-corrected chi connectivity index (χ2v) is 5.41. The van der Waals surface area contributed by atoms with Crippen LogP contribution in [0.2, 0.25) is 0 Å². The molecule has 0 aliphatic heterocycles. The molecule has 0 saturated carbocycles. The average Bonchev–Trinajstić information content (AvgIpc) is 2.78. The molecule has 0 unspecified atom stereocenters. The fourth-order valence-corrected chi connectivity index (χ4v) is 1.98. The molecule has 2 aromatic rings. The molecule has 1 aromatic heterocycles. The lowest BCUT2D eigenvalue weighted by atomic mass is 10.3. The molecule has 0 aliphatic rings. The van der Waals surface area contributed by atoms with Gasteiger partial charge in [0.15, 0.2) is 0 Å². The Morgan fingerprint density at radius 1 is 1.32 bits per heavy atom. The molecule has 0 amide bonds. The van der Waals surface area contributed by atoms with Gasteiger partial charge in [0, 0.05) is 30.5 Å². The van der Waals surface area contributed by atoms with Crippen molar-refractivity contribution < 1.29 is 4.74 Å². The fraction of sp³-hybridized carbons (Fsp3) is 0.357. The standard InChI is InChI=1S/C14H18BrN3O/c1-17(11-14-16-7-8-18(14)2)9-10-19-13-5-3-12(15)4-6-13/h3-8H,9-11H2,1-2H3. The third kappa shape index (κ3) is 4.36. The van der Waals surface area contributed by atoms with Crippen LogP contribution in [0, 0.1) is 0 Å². The Hall–Kier alpha value is -1.33. The quantitative estimate of drug-likeness (QED) is 0.818. The lowest BCUT2D eigenvalue weighted by Crippen LogP contribution is -2.25. The highest BCUT2D eigenvalue weighted by atomic mass is 79.9. The molecule has 0 N–H and O–H groups in total. The van der Waals surface area contributed by atoms with Crippen LogP contribution in [0.15, 0.2) is 41.1 Å². The molecule has 0 radical (unpaired) electrons. The number of likely N-dealkylation sites (N-methyl/N-ethyl adjacent to an activating group) is 1. The summed E-state index contributed by atoms with van der Waals surface area (Å²) in [6, 6.07) is 7.88. The second-order valence-electron chi connectivity index (χ2n) is 4.49. The number of aromatic nitrogens is 2. The first-order chi connectivity index (χ1) is 9.15. The van der Waals surface area contributed by atoms with Crippen LogP contribution in [0.1, 0.15) is 5.82 Å². The first-order valence-electron chi connectivity index (χ1n) is 6.18. The lowest BCUT2D eigenvalue weighted by Gasteiger charge is -2.16. The Morgan fingerprint density at radius 2 is 2.05 bits per heavy atom. The maximum atomic E-state index is 5.69. The first-order valence-corrected chi connectivity index (χ1v) is 6.97. The SMILES string of the molecule is CN(CCOc1ccc(Br)cc1)Cc1nccn1C. The molecule has 1 heterocycles. The molecule has 2 rings (SSSR count). The monoisotopic (exact) mass is 323 g/mol. The summed E-state index contributed by atoms with van der Waals surface area (Å²) in [6.45, 7) is 2.36. The zero-order chi connectivity index (χ0) is 13.7. The van der Waals surface area contributed by atoms with Gasteiger partial charge < -0.3 is 9.30 Å². The zero-order valence-electron chi connectivity index (χ0n) is 11.2. The number of imidazole rings is 1. The van der Waals surface area contributed by atoms with Crippen molar-refractivity contribution in [2.45, 2.75) is 6.54 Å². The van der Waals surface area contributed by atoms with Crippen molar-refractivity contribution in [3.63, 3.8) is 0 Å². The summed E-state index contributed by atoms with van der Waals surface area (Å²) < 4.78 is 8.79. The molecule has 1 aromatic carbocycles. The maximum absolute atomic E-state index is 5.69. The molecular formula is C14H18BrN3O. The van der Waals surface area contributed by atoms with E-state index in [9.17, 15) is 0 Å². The van der Waals surface area contributed by atoms with Crippen molar-refractivity contribution in [1.82, 2.24) is 14.5 Å². The summed E-state index contributed by atoms with van der Waals surface area (Å²) >= 11 is 3.40. The molecule has 0 spiro atoms. The molecular weight excluding hydrogens is 306 g/mol. The van der Waals surface area contributed by atoms with E-state index < -0.39 is 0 Å². The number of aryl methyl sites for hydroxylation is 1. The Morgan fingerprint density at radius 3 is 2.68 bits per heavy atom. The van der Waals surface area contributed by atoms with Crippen molar-refractivity contribution >= 4 is 15.9 Å². The Bertz CT molecular complexity index is 510. The van der Waals surface area contributed by atoms with Crippen LogP contribution in [0.4, 0.5) is 0 Å². The predicted molar refractivity (Wildman–Crippen MR) is 79.2 cm³/mol. The molecule has 0 saturated heterocycles. The number of hydrogen-bond donors (Lipinski definition) is 0. The number of halogens is 1. The van der Waals surface area contributed by atoms with Crippen molar-refractivity contribution in [1.29, 1.82) is 0 Å². The summed E-state index contributed by atoms with van der Waals surface area (Å²) in [7, 11) is 4.08. The summed E-state index contributed by atoms with van der Waals surface area (Å²) in [6.07, 6.45) is 3.78. The molecule has 0 atom stereocenters. The molecule has 0 fully saturated rings. The number of ether oxygens (including phenoxy) is 1. The van der Waals surface area contributed by atoms with Crippen molar-refractivity contribution in [3.8, 4) is 5.75 Å². The highest BCUT2D eigenvalue weighted by Gasteiger charge is 2.04. The van der Waals surface area contributed by atoms with Crippen LogP contribution >= 0.6 is 15.9 Å². The van der Waals surface area contributed by atoms with E-state index in [1.165, 1.54) is 0 Å². The van der Waals surface area contributed by atoms with Gasteiger partial charge in [-0.1, -0.05) is 15.9 Å². The van der Waals surface area contributed by atoms with E-state index in [4.69, 9.17) is 4.74 Å². The van der Waals surface area contributed by atoms with E-state index in [1.807, 2.05) is 48.3 Å². The Kier molecular flexibility index (Phi) is 4.99. The van der Waals surface area contributed by atoms with Gasteiger partial charge in [-0.15, -0.1) is 0 Å². The Labute approximate surface area is 122 Å². The van der Waals surface area contributed by atoms with Crippen LogP contribution < -0.4 is 4.74 Å². The summed E-state index contributed by atoms with van der Waals surface area (Å²) in [5.41, 5.74) is 0. The minimum absolute atomic E-state index is 0.669. The molecule has 0 bridgehead atoms. The average molecular weight is 324 g/mol. The summed E-state index contributed by atoms with van der Waals surface area (Å²) in [4.78, 5) is 6.50. The number of hydrogen-bond acceptors (Lipinski definition) is 3. The van der Waals surface area contributed by atoms with Crippen molar-refractivity contribution in [2.75, 3.05) is 20.2 Å². The van der Waals surface area contributed by atoms with Gasteiger partial charge in [0.2, 0.25) is 0 Å². The topological polar surface area (TPSA) is 30.3 Å². The van der Waals surface area contributed by atoms with E-state index in [0.717, 1.165) is 29.1 Å². The van der Waals surface area contributed by atoms with Crippen LogP contribution in [-0.4, -0.2) is 34.7 Å². The van der Waals surface area contributed by atoms with Gasteiger partial charge in [-0.25, -0.2) is 4.98 Å². The number of rotatable bonds is 6. The van der Waals surface area contributed by atoms with E-state index in [0.29, 0.717) is 6.61 Å². The normalized spacial score (nSPS) is 10.9. The zero-order valence-corrected chi connectivity index (χ0v) is 12.8. The molecule has 19 heavy (non-hydrogen) atoms. The van der Waals surface area contributed by atoms with Crippen LogP contribution in [-0.2, 0) is 13.6 Å². The highest BCUT2D eigenvalue weighted by Crippen LogP contribution is 2.15. The van der Waals surface area contributed by atoms with E-state index in [1.54, 1.807) is 0 Å². The van der Waals surface area contributed by atoms with Crippen molar-refractivity contribution in [3.05, 3.63) is 47.0 Å². The Balaban J connectivity index is 1.73. The minimum Gasteiger partial charge on any atom is -0.492 e. The van der Waals surface area contributed by atoms with Gasteiger partial charge in [-0.05, 0) is 31.3 Å². The van der Waals surface area contributed by atoms with Crippen LogP contribution in [0.25, 0.3) is 0 Å². The van der Waals surface area contributed by atoms with Crippen molar-refractivity contribution in [2.24, 2.45) is 7.05 Å². The van der Waals surface area contributed by atoms with Gasteiger partial charge in [-0.2, -0.15) is 0 Å². The van der Waals surface area contributed by atoms with E-state index in [-0.39, 0.29) is 0 Å². The maximum Gasteiger partial charge on any atom is 0.122 e. The highest BCUT2D eigenvalue weighted by molar-refractivity contribution is 9.10. The second kappa shape index (κ2) is 6.73. The van der Waals surface area contributed by atoms with Crippen LogP contribution in [0.3, 0.4) is 0 Å². The number of nitrogens with zero attached hydrogens (tertiary/aromatic N) is 3. The first kappa shape index (κ1) is 14.1. The smallest absolute Gasteiger partial charge is 0.122 e. The largest absolute Gasteiger partial charge is 0.492 e. The fourth-order valence-electron chi connectivity index (χ4n) is 1.72. The third-order valence-electron chi connectivity index (χ3n) is 2.89. The predicted octanol–water partition coefficient (Wildman–Crippen LogP) is 2.69. The van der Waals surface area contributed by atoms with Crippen LogP contribution in [0.5, 0.6) is 5.75 Å². The van der Waals surface area contributed by atoms with Gasteiger partial charge >= 0.3 is 0 Å². The van der Waals surface area contributed by atoms with E-state index >= 15 is 0 Å². The summed E-state index contributed by atoms with van der Waals surface area (Å²) in [5.74, 6) is 1.96. The molecule has 0 aliphatic carbocycles.